The van der Waals surface area contributed by atoms with Gasteiger partial charge in [-0.3, -0.25) is 4.79 Å². The van der Waals surface area contributed by atoms with Crippen molar-refractivity contribution in [2.45, 2.75) is 19.9 Å². The molecule has 1 unspecified atom stereocenters. The molecule has 0 bridgehead atoms. The summed E-state index contributed by atoms with van der Waals surface area (Å²) in [5, 5.41) is 9.62. The van der Waals surface area contributed by atoms with Gasteiger partial charge in [0.1, 0.15) is 23.3 Å². The summed E-state index contributed by atoms with van der Waals surface area (Å²) >= 11 is 6.14. The van der Waals surface area contributed by atoms with Crippen LogP contribution in [0, 0.1) is 16.7 Å². The van der Waals surface area contributed by atoms with E-state index in [2.05, 4.69) is 23.8 Å². The minimum atomic E-state index is -0.187. The Kier molecular flexibility index (Phi) is 4.05. The first-order valence-corrected chi connectivity index (χ1v) is 8.98. The zero-order valence-electron chi connectivity index (χ0n) is 15.0. The number of benzene rings is 1. The molecular formula is C20H18ClN5O. The van der Waals surface area contributed by atoms with E-state index in [-0.39, 0.29) is 17.4 Å². The summed E-state index contributed by atoms with van der Waals surface area (Å²) in [5.41, 5.74) is 1.56. The quantitative estimate of drug-likeness (QED) is 0.748. The van der Waals surface area contributed by atoms with Crippen LogP contribution in [0.1, 0.15) is 41.9 Å². The van der Waals surface area contributed by atoms with E-state index >= 15 is 0 Å². The molecule has 2 aromatic heterocycles. The fourth-order valence-corrected chi connectivity index (χ4v) is 3.89. The number of rotatable bonds is 3. The van der Waals surface area contributed by atoms with Gasteiger partial charge < -0.3 is 14.5 Å². The molecule has 0 spiro atoms. The smallest absolute Gasteiger partial charge is 0.270 e. The molecule has 3 heterocycles. The lowest BCUT2D eigenvalue weighted by Crippen LogP contribution is -2.58. The average molecular weight is 380 g/mol. The summed E-state index contributed by atoms with van der Waals surface area (Å²) in [6, 6.07) is 12.6. The highest BCUT2D eigenvalue weighted by molar-refractivity contribution is 6.30. The standard InChI is InChI=1S/C20H18ClN5O/c1-20(2)12-26(19(27)16-7-6-14(11-22)24-16)17(20)18-23-8-9-25(18)15-5-3-4-13(21)10-15/h3-10,17,24H,12H2,1-2H3. The minimum absolute atomic E-state index is 0.123. The summed E-state index contributed by atoms with van der Waals surface area (Å²) in [6.07, 6.45) is 3.61. The molecule has 6 nitrogen and oxygen atoms in total. The number of nitriles is 1. The van der Waals surface area contributed by atoms with Crippen molar-refractivity contribution in [1.29, 1.82) is 5.26 Å². The van der Waals surface area contributed by atoms with Crippen LogP contribution in [0.3, 0.4) is 0 Å². The van der Waals surface area contributed by atoms with Crippen LogP contribution in [0.25, 0.3) is 5.69 Å². The van der Waals surface area contributed by atoms with Crippen LogP contribution in [-0.4, -0.2) is 31.9 Å². The Hall–Kier alpha value is -3.04. The van der Waals surface area contributed by atoms with E-state index in [0.717, 1.165) is 11.5 Å². The lowest BCUT2D eigenvalue weighted by Gasteiger charge is -2.53. The van der Waals surface area contributed by atoms with Crippen LogP contribution in [0.15, 0.2) is 48.8 Å². The van der Waals surface area contributed by atoms with Gasteiger partial charge in [0.15, 0.2) is 0 Å². The Morgan fingerprint density at radius 3 is 2.85 bits per heavy atom. The molecule has 0 saturated carbocycles. The molecule has 1 saturated heterocycles. The van der Waals surface area contributed by atoms with Gasteiger partial charge in [-0.2, -0.15) is 5.26 Å². The Morgan fingerprint density at radius 2 is 2.19 bits per heavy atom. The number of halogens is 1. The van der Waals surface area contributed by atoms with Gasteiger partial charge in [-0.05, 0) is 30.3 Å². The minimum Gasteiger partial charge on any atom is -0.342 e. The lowest BCUT2D eigenvalue weighted by molar-refractivity contribution is -0.0373. The van der Waals surface area contributed by atoms with Crippen LogP contribution < -0.4 is 0 Å². The summed E-state index contributed by atoms with van der Waals surface area (Å²) in [5.74, 6) is 0.649. The predicted molar refractivity (Wildman–Crippen MR) is 102 cm³/mol. The fourth-order valence-electron chi connectivity index (χ4n) is 3.71. The van der Waals surface area contributed by atoms with Crippen LogP contribution in [0.5, 0.6) is 0 Å². The zero-order valence-corrected chi connectivity index (χ0v) is 15.7. The van der Waals surface area contributed by atoms with E-state index in [1.807, 2.05) is 41.1 Å². The third kappa shape index (κ3) is 2.90. The molecule has 1 aromatic carbocycles. The van der Waals surface area contributed by atoms with Crippen molar-refractivity contribution in [3.8, 4) is 11.8 Å². The van der Waals surface area contributed by atoms with E-state index in [0.29, 0.717) is 23.0 Å². The van der Waals surface area contributed by atoms with Crippen molar-refractivity contribution in [2.75, 3.05) is 6.54 Å². The van der Waals surface area contributed by atoms with Gasteiger partial charge in [-0.1, -0.05) is 31.5 Å². The van der Waals surface area contributed by atoms with E-state index in [4.69, 9.17) is 16.9 Å². The number of carbonyl (C=O) groups is 1. The SMILES string of the molecule is CC1(C)CN(C(=O)c2ccc(C#N)[nH]2)C1c1nccn1-c1cccc(Cl)c1. The summed E-state index contributed by atoms with van der Waals surface area (Å²) in [6.45, 7) is 4.85. The molecule has 3 aromatic rings. The first-order valence-electron chi connectivity index (χ1n) is 8.60. The van der Waals surface area contributed by atoms with Crippen LogP contribution >= 0.6 is 11.6 Å². The molecule has 136 valence electrons. The lowest BCUT2D eigenvalue weighted by atomic mass is 9.74. The molecule has 1 aliphatic rings. The number of hydrogen-bond donors (Lipinski definition) is 1. The number of carbonyl (C=O) groups excluding carboxylic acids is 1. The second-order valence-electron chi connectivity index (χ2n) is 7.36. The van der Waals surface area contributed by atoms with Crippen molar-refractivity contribution in [2.24, 2.45) is 5.41 Å². The van der Waals surface area contributed by atoms with Gasteiger partial charge in [-0.15, -0.1) is 0 Å². The molecule has 1 N–H and O–H groups in total. The maximum absolute atomic E-state index is 13.0. The summed E-state index contributed by atoms with van der Waals surface area (Å²) in [7, 11) is 0. The number of likely N-dealkylation sites (tertiary alicyclic amines) is 1. The highest BCUT2D eigenvalue weighted by Gasteiger charge is 2.51. The van der Waals surface area contributed by atoms with Crippen LogP contribution in [0.2, 0.25) is 5.02 Å². The molecule has 27 heavy (non-hydrogen) atoms. The monoisotopic (exact) mass is 379 g/mol. The molecule has 0 aliphatic carbocycles. The first-order chi connectivity index (χ1) is 12.9. The van der Waals surface area contributed by atoms with Gasteiger partial charge in [0, 0.05) is 35.1 Å². The molecule has 0 radical (unpaired) electrons. The fraction of sp³-hybridized carbons (Fsp3) is 0.250. The third-order valence-electron chi connectivity index (χ3n) is 4.93. The van der Waals surface area contributed by atoms with Crippen LogP contribution in [0.4, 0.5) is 0 Å². The number of nitrogens with one attached hydrogen (secondary N) is 1. The van der Waals surface area contributed by atoms with Gasteiger partial charge in [0.05, 0.1) is 6.04 Å². The maximum atomic E-state index is 13.0. The second kappa shape index (κ2) is 6.29. The topological polar surface area (TPSA) is 77.7 Å². The Morgan fingerprint density at radius 1 is 1.37 bits per heavy atom. The summed E-state index contributed by atoms with van der Waals surface area (Å²) in [4.78, 5) is 22.2. The number of hydrogen-bond acceptors (Lipinski definition) is 3. The van der Waals surface area contributed by atoms with E-state index < -0.39 is 0 Å². The zero-order chi connectivity index (χ0) is 19.2. The number of imidazole rings is 1. The predicted octanol–water partition coefficient (Wildman–Crippen LogP) is 3.95. The third-order valence-corrected chi connectivity index (χ3v) is 5.16. The van der Waals surface area contributed by atoms with Crippen molar-refractivity contribution >= 4 is 17.5 Å². The second-order valence-corrected chi connectivity index (χ2v) is 7.79. The van der Waals surface area contributed by atoms with Gasteiger partial charge in [-0.25, -0.2) is 4.98 Å². The number of H-pyrrole nitrogens is 1. The van der Waals surface area contributed by atoms with Crippen molar-refractivity contribution in [1.82, 2.24) is 19.4 Å². The van der Waals surface area contributed by atoms with Crippen LogP contribution in [-0.2, 0) is 0 Å². The molecule has 7 heteroatoms. The average Bonchev–Trinajstić information content (AvgIpc) is 3.28. The van der Waals surface area contributed by atoms with Crippen molar-refractivity contribution < 1.29 is 4.79 Å². The summed E-state index contributed by atoms with van der Waals surface area (Å²) < 4.78 is 1.97. The Balaban J connectivity index is 1.71. The molecule has 1 fully saturated rings. The highest BCUT2D eigenvalue weighted by atomic mass is 35.5. The highest BCUT2D eigenvalue weighted by Crippen LogP contribution is 2.48. The molecule has 4 rings (SSSR count). The van der Waals surface area contributed by atoms with E-state index in [1.54, 1.807) is 23.2 Å². The number of aromatic nitrogens is 3. The normalized spacial score (nSPS) is 18.0. The molecule has 1 amide bonds. The van der Waals surface area contributed by atoms with E-state index in [1.165, 1.54) is 0 Å². The van der Waals surface area contributed by atoms with Gasteiger partial charge in [0.2, 0.25) is 0 Å². The van der Waals surface area contributed by atoms with Gasteiger partial charge in [0.25, 0.3) is 5.91 Å². The Labute approximate surface area is 162 Å². The molecule has 1 aliphatic heterocycles. The first kappa shape index (κ1) is 17.4. The number of aromatic amines is 1. The Bertz CT molecular complexity index is 1060. The largest absolute Gasteiger partial charge is 0.342 e. The maximum Gasteiger partial charge on any atom is 0.270 e. The number of amides is 1. The van der Waals surface area contributed by atoms with Crippen molar-refractivity contribution in [3.63, 3.8) is 0 Å². The van der Waals surface area contributed by atoms with Gasteiger partial charge >= 0.3 is 0 Å². The number of nitrogens with zero attached hydrogens (tertiary/aromatic N) is 4. The molecular weight excluding hydrogens is 362 g/mol. The molecule has 1 atom stereocenters. The van der Waals surface area contributed by atoms with E-state index in [9.17, 15) is 4.79 Å². The van der Waals surface area contributed by atoms with Crippen molar-refractivity contribution in [3.05, 3.63) is 71.0 Å².